The molecule has 1 aliphatic rings. The fraction of sp³-hybridized carbons (Fsp3) is 0.750. The van der Waals surface area contributed by atoms with Gasteiger partial charge in [0.2, 0.25) is 0 Å². The van der Waals surface area contributed by atoms with Gasteiger partial charge < -0.3 is 19.2 Å². The number of furan rings is 1. The Morgan fingerprint density at radius 1 is 1.19 bits per heavy atom. The number of rotatable bonds is 8. The summed E-state index contributed by atoms with van der Waals surface area (Å²) in [5.41, 5.74) is 0. The van der Waals surface area contributed by atoms with Gasteiger partial charge in [0, 0.05) is 27.3 Å². The molecule has 0 radical (unpaired) electrons. The maximum absolute atomic E-state index is 5.88. The molecule has 2 atom stereocenters. The zero-order valence-electron chi connectivity index (χ0n) is 13.6. The average Bonchev–Trinajstić information content (AvgIpc) is 3.05. The van der Waals surface area contributed by atoms with Gasteiger partial charge in [-0.2, -0.15) is 0 Å². The molecule has 0 bridgehead atoms. The molecule has 0 saturated carbocycles. The van der Waals surface area contributed by atoms with Crippen LogP contribution in [0.3, 0.4) is 0 Å². The van der Waals surface area contributed by atoms with E-state index in [1.807, 2.05) is 0 Å². The summed E-state index contributed by atoms with van der Waals surface area (Å²) in [6, 6.07) is 4.12. The first kappa shape index (κ1) is 16.5. The predicted molar refractivity (Wildman–Crippen MR) is 82.1 cm³/mol. The first-order valence-corrected chi connectivity index (χ1v) is 7.68. The lowest BCUT2D eigenvalue weighted by Crippen LogP contribution is -2.27. The van der Waals surface area contributed by atoms with Crippen LogP contribution in [0.15, 0.2) is 16.5 Å². The lowest BCUT2D eigenvalue weighted by Gasteiger charge is -2.13. The van der Waals surface area contributed by atoms with Gasteiger partial charge in [-0.3, -0.25) is 4.90 Å². The van der Waals surface area contributed by atoms with Crippen LogP contribution in [0.1, 0.15) is 25.4 Å². The normalized spacial score (nSPS) is 23.3. The summed E-state index contributed by atoms with van der Waals surface area (Å²) in [7, 11) is 3.48. The summed E-state index contributed by atoms with van der Waals surface area (Å²) in [6.45, 7) is 8.78. The molecule has 1 aromatic rings. The zero-order valence-corrected chi connectivity index (χ0v) is 13.6. The van der Waals surface area contributed by atoms with Gasteiger partial charge >= 0.3 is 0 Å². The van der Waals surface area contributed by atoms with Crippen LogP contribution in [-0.4, -0.2) is 51.0 Å². The maximum Gasteiger partial charge on any atom is 0.118 e. The molecular weight excluding hydrogens is 268 g/mol. The predicted octanol–water partition coefficient (Wildman–Crippen LogP) is 1.87. The summed E-state index contributed by atoms with van der Waals surface area (Å²) < 4.78 is 16.8. The van der Waals surface area contributed by atoms with Crippen molar-refractivity contribution in [1.29, 1.82) is 0 Å². The average molecular weight is 296 g/mol. The van der Waals surface area contributed by atoms with Gasteiger partial charge in [-0.25, -0.2) is 0 Å². The van der Waals surface area contributed by atoms with Gasteiger partial charge in [0.15, 0.2) is 0 Å². The van der Waals surface area contributed by atoms with E-state index in [0.717, 1.165) is 44.2 Å². The first-order chi connectivity index (χ1) is 10.1. The number of hydrogen-bond donors (Lipinski definition) is 1. The van der Waals surface area contributed by atoms with E-state index in [0.29, 0.717) is 5.92 Å². The lowest BCUT2D eigenvalue weighted by atomic mass is 10.2. The molecule has 120 valence electrons. The Labute approximate surface area is 127 Å². The highest BCUT2D eigenvalue weighted by molar-refractivity contribution is 5.07. The van der Waals surface area contributed by atoms with Crippen LogP contribution >= 0.6 is 0 Å². The van der Waals surface area contributed by atoms with Crippen molar-refractivity contribution in [3.8, 4) is 0 Å². The SMILES string of the molecule is COC1CN(Cc2ccc(CNCC(C)C)o2)CC1OC. The number of ether oxygens (including phenoxy) is 2. The minimum atomic E-state index is 0.150. The van der Waals surface area contributed by atoms with E-state index in [9.17, 15) is 0 Å². The van der Waals surface area contributed by atoms with Crippen molar-refractivity contribution in [2.75, 3.05) is 33.9 Å². The molecule has 5 nitrogen and oxygen atoms in total. The van der Waals surface area contributed by atoms with Crippen LogP contribution < -0.4 is 5.32 Å². The highest BCUT2D eigenvalue weighted by Crippen LogP contribution is 2.19. The summed E-state index contributed by atoms with van der Waals surface area (Å²) in [4.78, 5) is 2.31. The number of nitrogens with zero attached hydrogens (tertiary/aromatic N) is 1. The topological polar surface area (TPSA) is 46.9 Å². The molecule has 0 aromatic carbocycles. The molecule has 2 heterocycles. The molecule has 0 aliphatic carbocycles. The summed E-state index contributed by atoms with van der Waals surface area (Å²) in [6.07, 6.45) is 0.300. The zero-order chi connectivity index (χ0) is 15.2. The van der Waals surface area contributed by atoms with E-state index in [1.54, 1.807) is 14.2 Å². The van der Waals surface area contributed by atoms with Crippen molar-refractivity contribution in [1.82, 2.24) is 10.2 Å². The molecule has 1 aliphatic heterocycles. The van der Waals surface area contributed by atoms with E-state index in [4.69, 9.17) is 13.9 Å². The molecule has 2 unspecified atom stereocenters. The van der Waals surface area contributed by atoms with E-state index in [-0.39, 0.29) is 12.2 Å². The number of hydrogen-bond acceptors (Lipinski definition) is 5. The van der Waals surface area contributed by atoms with Gasteiger partial charge in [0.05, 0.1) is 25.3 Å². The van der Waals surface area contributed by atoms with Gasteiger partial charge in [-0.1, -0.05) is 13.8 Å². The third-order valence-electron chi connectivity index (χ3n) is 3.85. The Hall–Kier alpha value is -0.880. The molecule has 2 rings (SSSR count). The molecule has 1 fully saturated rings. The van der Waals surface area contributed by atoms with Crippen LogP contribution in [0.5, 0.6) is 0 Å². The van der Waals surface area contributed by atoms with Gasteiger partial charge in [0.25, 0.3) is 0 Å². The van der Waals surface area contributed by atoms with Gasteiger partial charge in [-0.15, -0.1) is 0 Å². The number of methoxy groups -OCH3 is 2. The smallest absolute Gasteiger partial charge is 0.118 e. The second kappa shape index (κ2) is 7.94. The molecular formula is C16H28N2O3. The first-order valence-electron chi connectivity index (χ1n) is 7.68. The quantitative estimate of drug-likeness (QED) is 0.793. The van der Waals surface area contributed by atoms with Crippen LogP contribution in [-0.2, 0) is 22.6 Å². The second-order valence-corrected chi connectivity index (χ2v) is 6.14. The minimum Gasteiger partial charge on any atom is -0.463 e. The molecule has 21 heavy (non-hydrogen) atoms. The van der Waals surface area contributed by atoms with Crippen molar-refractivity contribution < 1.29 is 13.9 Å². The largest absolute Gasteiger partial charge is 0.463 e. The lowest BCUT2D eigenvalue weighted by molar-refractivity contribution is -0.00461. The van der Waals surface area contributed by atoms with Crippen molar-refractivity contribution in [3.05, 3.63) is 23.7 Å². The molecule has 1 N–H and O–H groups in total. The molecule has 1 aromatic heterocycles. The van der Waals surface area contributed by atoms with Crippen molar-refractivity contribution >= 4 is 0 Å². The second-order valence-electron chi connectivity index (χ2n) is 6.14. The molecule has 0 spiro atoms. The molecule has 1 saturated heterocycles. The number of likely N-dealkylation sites (tertiary alicyclic amines) is 1. The third kappa shape index (κ3) is 4.81. The fourth-order valence-electron chi connectivity index (χ4n) is 2.71. The maximum atomic E-state index is 5.88. The highest BCUT2D eigenvalue weighted by Gasteiger charge is 2.33. The van der Waals surface area contributed by atoms with Crippen LogP contribution in [0.25, 0.3) is 0 Å². The Morgan fingerprint density at radius 2 is 1.81 bits per heavy atom. The van der Waals surface area contributed by atoms with Gasteiger partial charge in [0.1, 0.15) is 11.5 Å². The highest BCUT2D eigenvalue weighted by atomic mass is 16.5. The standard InChI is InChI=1S/C16H28N2O3/c1-12(2)7-17-8-13-5-6-14(21-13)9-18-10-15(19-3)16(11-18)20-4/h5-6,12,15-17H,7-11H2,1-4H3. The van der Waals surface area contributed by atoms with E-state index >= 15 is 0 Å². The van der Waals surface area contributed by atoms with E-state index < -0.39 is 0 Å². The Bertz CT molecular complexity index is 407. The molecule has 0 amide bonds. The monoisotopic (exact) mass is 296 g/mol. The van der Waals surface area contributed by atoms with Crippen LogP contribution in [0.4, 0.5) is 0 Å². The van der Waals surface area contributed by atoms with Crippen LogP contribution in [0.2, 0.25) is 0 Å². The van der Waals surface area contributed by atoms with Crippen molar-refractivity contribution in [2.24, 2.45) is 5.92 Å². The minimum absolute atomic E-state index is 0.150. The van der Waals surface area contributed by atoms with Crippen molar-refractivity contribution in [3.63, 3.8) is 0 Å². The summed E-state index contributed by atoms with van der Waals surface area (Å²) in [5.74, 6) is 2.65. The summed E-state index contributed by atoms with van der Waals surface area (Å²) in [5, 5.41) is 3.39. The van der Waals surface area contributed by atoms with E-state index in [2.05, 4.69) is 36.2 Å². The van der Waals surface area contributed by atoms with Gasteiger partial charge in [-0.05, 0) is 24.6 Å². The van der Waals surface area contributed by atoms with E-state index in [1.165, 1.54) is 0 Å². The number of nitrogens with one attached hydrogen (secondary N) is 1. The van der Waals surface area contributed by atoms with Crippen molar-refractivity contribution in [2.45, 2.75) is 39.1 Å². The third-order valence-corrected chi connectivity index (χ3v) is 3.85. The summed E-state index contributed by atoms with van der Waals surface area (Å²) >= 11 is 0. The van der Waals surface area contributed by atoms with Crippen LogP contribution in [0, 0.1) is 5.92 Å². The Morgan fingerprint density at radius 3 is 2.38 bits per heavy atom. The molecule has 5 heteroatoms. The Kier molecular flexibility index (Phi) is 6.23. The Balaban J connectivity index is 1.80. The fourth-order valence-corrected chi connectivity index (χ4v) is 2.71.